The van der Waals surface area contributed by atoms with Crippen LogP contribution in [0.4, 0.5) is 0 Å². The minimum atomic E-state index is -0.223. The molecule has 0 spiro atoms. The van der Waals surface area contributed by atoms with Crippen LogP contribution in [0, 0.1) is 0 Å². The second-order valence-electron chi connectivity index (χ2n) is 3.58. The molecule has 0 bridgehead atoms. The fourth-order valence-electron chi connectivity index (χ4n) is 1.28. The molecule has 0 unspecified atom stereocenters. The zero-order valence-electron chi connectivity index (χ0n) is 10.5. The van der Waals surface area contributed by atoms with Gasteiger partial charge in [-0.2, -0.15) is 0 Å². The zero-order chi connectivity index (χ0) is 13.9. The van der Waals surface area contributed by atoms with Crippen molar-refractivity contribution in [2.45, 2.75) is 6.54 Å². The lowest BCUT2D eigenvalue weighted by Gasteiger charge is -2.05. The van der Waals surface area contributed by atoms with E-state index in [9.17, 15) is 4.79 Å². The first-order valence-corrected chi connectivity index (χ1v) is 5.79. The molecule has 0 saturated carbocycles. The van der Waals surface area contributed by atoms with Crippen LogP contribution in [0.25, 0.3) is 10.4 Å². The van der Waals surface area contributed by atoms with Crippen molar-refractivity contribution in [3.05, 3.63) is 40.0 Å². The Morgan fingerprint density at radius 2 is 2.37 bits per heavy atom. The minimum Gasteiger partial charge on any atom is -0.378 e. The number of hydrogen-bond acceptors (Lipinski definition) is 5. The molecule has 1 aromatic heterocycles. The molecule has 0 aromatic carbocycles. The molecule has 0 aliphatic carbocycles. The third-order valence-electron chi connectivity index (χ3n) is 2.18. The van der Waals surface area contributed by atoms with E-state index in [-0.39, 0.29) is 12.5 Å². The van der Waals surface area contributed by atoms with Crippen LogP contribution in [0.15, 0.2) is 23.4 Å². The molecular weight excluding hydrogens is 248 g/mol. The molecule has 19 heavy (non-hydrogen) atoms. The first kappa shape index (κ1) is 14.9. The highest BCUT2D eigenvalue weighted by Crippen LogP contribution is 2.01. The van der Waals surface area contributed by atoms with E-state index >= 15 is 0 Å². The molecule has 8 nitrogen and oxygen atoms in total. The van der Waals surface area contributed by atoms with Crippen LogP contribution >= 0.6 is 0 Å². The third kappa shape index (κ3) is 5.82. The van der Waals surface area contributed by atoms with Crippen molar-refractivity contribution in [3.63, 3.8) is 0 Å². The SMILES string of the molecule is [N-]=[N+]=NCc1ccc(C(=O)NCCOCCN)cn1. The number of carbonyl (C=O) groups is 1. The molecular formula is C11H16N6O2. The van der Waals surface area contributed by atoms with Gasteiger partial charge >= 0.3 is 0 Å². The van der Waals surface area contributed by atoms with Gasteiger partial charge in [-0.05, 0) is 17.7 Å². The van der Waals surface area contributed by atoms with Crippen molar-refractivity contribution in [1.82, 2.24) is 10.3 Å². The topological polar surface area (TPSA) is 126 Å². The van der Waals surface area contributed by atoms with Crippen molar-refractivity contribution < 1.29 is 9.53 Å². The quantitative estimate of drug-likeness (QED) is 0.308. The van der Waals surface area contributed by atoms with E-state index < -0.39 is 0 Å². The summed E-state index contributed by atoms with van der Waals surface area (Å²) in [6.07, 6.45) is 1.44. The molecule has 102 valence electrons. The number of hydrogen-bond donors (Lipinski definition) is 2. The van der Waals surface area contributed by atoms with Crippen molar-refractivity contribution in [1.29, 1.82) is 0 Å². The standard InChI is InChI=1S/C11H16N6O2/c12-3-5-19-6-4-14-11(18)9-1-2-10(15-7-9)8-16-17-13/h1-2,7H,3-6,8,12H2,(H,14,18). The van der Waals surface area contributed by atoms with Gasteiger partial charge in [-0.15, -0.1) is 0 Å². The van der Waals surface area contributed by atoms with Gasteiger partial charge in [0.25, 0.3) is 5.91 Å². The van der Waals surface area contributed by atoms with E-state index in [4.69, 9.17) is 16.0 Å². The maximum absolute atomic E-state index is 11.7. The predicted octanol–water partition coefficient (Wildman–Crippen LogP) is 0.597. The first-order chi connectivity index (χ1) is 9.27. The molecule has 0 aliphatic heterocycles. The number of nitrogens with one attached hydrogen (secondary N) is 1. The Morgan fingerprint density at radius 3 is 3.00 bits per heavy atom. The maximum atomic E-state index is 11.7. The summed E-state index contributed by atoms with van der Waals surface area (Å²) in [5.41, 5.74) is 14.5. The van der Waals surface area contributed by atoms with Crippen molar-refractivity contribution in [2.75, 3.05) is 26.3 Å². The summed E-state index contributed by atoms with van der Waals surface area (Å²) in [5, 5.41) is 6.08. The lowest BCUT2D eigenvalue weighted by atomic mass is 10.2. The summed E-state index contributed by atoms with van der Waals surface area (Å²) in [4.78, 5) is 18.3. The first-order valence-electron chi connectivity index (χ1n) is 5.79. The van der Waals surface area contributed by atoms with Gasteiger partial charge in [0.1, 0.15) is 0 Å². The fraction of sp³-hybridized carbons (Fsp3) is 0.455. The van der Waals surface area contributed by atoms with Crippen LogP contribution in [0.1, 0.15) is 16.1 Å². The van der Waals surface area contributed by atoms with E-state index in [1.807, 2.05) is 0 Å². The van der Waals surface area contributed by atoms with E-state index in [0.717, 1.165) is 0 Å². The Hall–Kier alpha value is -2.15. The second kappa shape index (κ2) is 8.87. The van der Waals surface area contributed by atoms with Crippen LogP contribution in [0.5, 0.6) is 0 Å². The number of ether oxygens (including phenoxy) is 1. The van der Waals surface area contributed by atoms with Gasteiger partial charge in [0.15, 0.2) is 0 Å². The molecule has 0 aliphatic rings. The number of amides is 1. The number of carbonyl (C=O) groups excluding carboxylic acids is 1. The molecule has 0 radical (unpaired) electrons. The average Bonchev–Trinajstić information content (AvgIpc) is 2.45. The van der Waals surface area contributed by atoms with Gasteiger partial charge in [0, 0.05) is 29.9 Å². The Kier molecular flexibility index (Phi) is 6.96. The lowest BCUT2D eigenvalue weighted by Crippen LogP contribution is -2.28. The molecule has 3 N–H and O–H groups in total. The van der Waals surface area contributed by atoms with Crippen LogP contribution < -0.4 is 11.1 Å². The predicted molar refractivity (Wildman–Crippen MR) is 69.3 cm³/mol. The Morgan fingerprint density at radius 1 is 1.53 bits per heavy atom. The molecule has 1 rings (SSSR count). The fourth-order valence-corrected chi connectivity index (χ4v) is 1.28. The summed E-state index contributed by atoms with van der Waals surface area (Å²) in [6, 6.07) is 3.28. The Labute approximate surface area is 110 Å². The summed E-state index contributed by atoms with van der Waals surface area (Å²) < 4.78 is 5.13. The third-order valence-corrected chi connectivity index (χ3v) is 2.18. The molecule has 0 fully saturated rings. The number of pyridine rings is 1. The van der Waals surface area contributed by atoms with Gasteiger partial charge in [-0.3, -0.25) is 9.78 Å². The van der Waals surface area contributed by atoms with Crippen molar-refractivity contribution in [3.8, 4) is 0 Å². The van der Waals surface area contributed by atoms with Crippen LogP contribution in [0.3, 0.4) is 0 Å². The average molecular weight is 264 g/mol. The van der Waals surface area contributed by atoms with Crippen LogP contribution in [-0.2, 0) is 11.3 Å². The van der Waals surface area contributed by atoms with E-state index in [1.165, 1.54) is 6.20 Å². The summed E-state index contributed by atoms with van der Waals surface area (Å²) in [6.45, 7) is 1.95. The normalized spacial score (nSPS) is 9.74. The second-order valence-corrected chi connectivity index (χ2v) is 3.58. The Balaban J connectivity index is 2.38. The van der Waals surface area contributed by atoms with Gasteiger partial charge < -0.3 is 15.8 Å². The largest absolute Gasteiger partial charge is 0.378 e. The van der Waals surface area contributed by atoms with Gasteiger partial charge in [0.2, 0.25) is 0 Å². The monoisotopic (exact) mass is 264 g/mol. The smallest absolute Gasteiger partial charge is 0.252 e. The Bertz CT molecular complexity index is 441. The zero-order valence-corrected chi connectivity index (χ0v) is 10.5. The highest BCUT2D eigenvalue weighted by atomic mass is 16.5. The molecule has 0 atom stereocenters. The van der Waals surface area contributed by atoms with Crippen LogP contribution in [0.2, 0.25) is 0 Å². The summed E-state index contributed by atoms with van der Waals surface area (Å²) in [7, 11) is 0. The number of azide groups is 1. The number of aromatic nitrogens is 1. The highest BCUT2D eigenvalue weighted by molar-refractivity contribution is 5.93. The minimum absolute atomic E-state index is 0.172. The molecule has 0 saturated heterocycles. The molecule has 1 aromatic rings. The summed E-state index contributed by atoms with van der Waals surface area (Å²) in [5.74, 6) is -0.223. The highest BCUT2D eigenvalue weighted by Gasteiger charge is 2.05. The molecule has 1 heterocycles. The van der Waals surface area contributed by atoms with E-state index in [0.29, 0.717) is 37.6 Å². The molecule has 1 amide bonds. The molecule has 8 heteroatoms. The van der Waals surface area contributed by atoms with Crippen molar-refractivity contribution in [2.24, 2.45) is 10.8 Å². The van der Waals surface area contributed by atoms with Crippen molar-refractivity contribution >= 4 is 5.91 Å². The van der Waals surface area contributed by atoms with Gasteiger partial charge in [0.05, 0.1) is 25.3 Å². The summed E-state index contributed by atoms with van der Waals surface area (Å²) >= 11 is 0. The lowest BCUT2D eigenvalue weighted by molar-refractivity contribution is 0.0919. The number of nitrogens with two attached hydrogens (primary N) is 1. The number of nitrogens with zero attached hydrogens (tertiary/aromatic N) is 4. The van der Waals surface area contributed by atoms with E-state index in [1.54, 1.807) is 12.1 Å². The van der Waals surface area contributed by atoms with Gasteiger partial charge in [-0.1, -0.05) is 5.11 Å². The van der Waals surface area contributed by atoms with Gasteiger partial charge in [-0.25, -0.2) is 0 Å². The number of rotatable bonds is 8. The maximum Gasteiger partial charge on any atom is 0.252 e. The van der Waals surface area contributed by atoms with E-state index in [2.05, 4.69) is 20.3 Å². The van der Waals surface area contributed by atoms with Crippen LogP contribution in [-0.4, -0.2) is 37.2 Å².